The summed E-state index contributed by atoms with van der Waals surface area (Å²) in [7, 11) is -1.34. The van der Waals surface area contributed by atoms with Gasteiger partial charge in [0.2, 0.25) is 0 Å². The molecule has 4 atom stereocenters. The van der Waals surface area contributed by atoms with Gasteiger partial charge in [-0.05, 0) is 50.2 Å². The molecule has 0 aromatic rings. The van der Waals surface area contributed by atoms with Crippen molar-refractivity contribution in [2.24, 2.45) is 11.8 Å². The van der Waals surface area contributed by atoms with Gasteiger partial charge in [-0.15, -0.1) is 0 Å². The molecule has 0 aromatic heterocycles. The Morgan fingerprint density at radius 1 is 1.31 bits per heavy atom. The summed E-state index contributed by atoms with van der Waals surface area (Å²) in [4.78, 5) is 0. The van der Waals surface area contributed by atoms with Gasteiger partial charge < -0.3 is 9.16 Å². The molecule has 2 nitrogen and oxygen atoms in total. The van der Waals surface area contributed by atoms with Gasteiger partial charge in [-0.25, -0.2) is 0 Å². The van der Waals surface area contributed by atoms with E-state index in [9.17, 15) is 0 Å². The molecule has 0 N–H and O–H groups in total. The van der Waals surface area contributed by atoms with Gasteiger partial charge in [0.15, 0.2) is 8.32 Å². The standard InChI is InChI=1S/C13H26O2Si/c1-5-16(3,4)14-9-10(2)11-6-7-12-13(8-11)15-12/h10-13H,5-9H2,1-4H3. The van der Waals surface area contributed by atoms with E-state index in [1.165, 1.54) is 25.3 Å². The lowest BCUT2D eigenvalue weighted by atomic mass is 9.81. The molecule has 0 amide bonds. The van der Waals surface area contributed by atoms with Gasteiger partial charge >= 0.3 is 0 Å². The number of epoxide rings is 1. The Labute approximate surface area is 101 Å². The molecular formula is C13H26O2Si. The van der Waals surface area contributed by atoms with Crippen molar-refractivity contribution in [2.75, 3.05) is 6.61 Å². The van der Waals surface area contributed by atoms with E-state index in [4.69, 9.17) is 9.16 Å². The summed E-state index contributed by atoms with van der Waals surface area (Å²) < 4.78 is 11.7. The molecule has 0 spiro atoms. The van der Waals surface area contributed by atoms with Crippen LogP contribution in [-0.2, 0) is 9.16 Å². The third kappa shape index (κ3) is 3.08. The largest absolute Gasteiger partial charge is 0.417 e. The molecule has 3 heteroatoms. The molecule has 1 saturated heterocycles. The van der Waals surface area contributed by atoms with Crippen molar-refractivity contribution in [1.82, 2.24) is 0 Å². The number of hydrogen-bond donors (Lipinski definition) is 0. The van der Waals surface area contributed by atoms with E-state index in [1.807, 2.05) is 0 Å². The Kier molecular flexibility index (Phi) is 3.77. The molecule has 4 unspecified atom stereocenters. The van der Waals surface area contributed by atoms with E-state index in [0.29, 0.717) is 18.1 Å². The number of ether oxygens (including phenoxy) is 1. The van der Waals surface area contributed by atoms with Crippen LogP contribution in [0, 0.1) is 11.8 Å². The second kappa shape index (κ2) is 4.79. The van der Waals surface area contributed by atoms with Crippen molar-refractivity contribution in [3.8, 4) is 0 Å². The first-order valence-corrected chi connectivity index (χ1v) is 9.93. The highest BCUT2D eigenvalue weighted by atomic mass is 28.4. The smallest absolute Gasteiger partial charge is 0.186 e. The van der Waals surface area contributed by atoms with E-state index in [2.05, 4.69) is 26.9 Å². The van der Waals surface area contributed by atoms with Gasteiger partial charge in [-0.1, -0.05) is 13.8 Å². The van der Waals surface area contributed by atoms with Crippen LogP contribution in [0.25, 0.3) is 0 Å². The molecule has 0 radical (unpaired) electrons. The highest BCUT2D eigenvalue weighted by Gasteiger charge is 2.44. The second-order valence-corrected chi connectivity index (χ2v) is 10.7. The highest BCUT2D eigenvalue weighted by molar-refractivity contribution is 6.71. The molecule has 1 aliphatic carbocycles. The minimum atomic E-state index is -1.34. The van der Waals surface area contributed by atoms with Gasteiger partial charge in [-0.2, -0.15) is 0 Å². The topological polar surface area (TPSA) is 21.8 Å². The van der Waals surface area contributed by atoms with E-state index >= 15 is 0 Å². The lowest BCUT2D eigenvalue weighted by molar-refractivity contribution is 0.176. The van der Waals surface area contributed by atoms with Crippen LogP contribution in [0.3, 0.4) is 0 Å². The fourth-order valence-corrected chi connectivity index (χ4v) is 3.47. The fourth-order valence-electron chi connectivity index (χ4n) is 2.55. The third-order valence-corrected chi connectivity index (χ3v) is 7.09. The SMILES string of the molecule is CC[Si](C)(C)OCC(C)C1CCC2OC2C1. The third-order valence-electron chi connectivity index (χ3n) is 4.44. The molecule has 94 valence electrons. The highest BCUT2D eigenvalue weighted by Crippen LogP contribution is 2.42. The van der Waals surface area contributed by atoms with Crippen LogP contribution in [0.2, 0.25) is 19.1 Å². The van der Waals surface area contributed by atoms with Crippen molar-refractivity contribution in [3.63, 3.8) is 0 Å². The summed E-state index contributed by atoms with van der Waals surface area (Å²) in [6.07, 6.45) is 5.15. The van der Waals surface area contributed by atoms with E-state index in [1.54, 1.807) is 0 Å². The molecule has 2 fully saturated rings. The molecule has 2 aliphatic rings. The maximum absolute atomic E-state index is 6.14. The monoisotopic (exact) mass is 242 g/mol. The Morgan fingerprint density at radius 3 is 2.69 bits per heavy atom. The van der Waals surface area contributed by atoms with Crippen LogP contribution in [0.1, 0.15) is 33.1 Å². The van der Waals surface area contributed by atoms with Crippen LogP contribution >= 0.6 is 0 Å². The normalized spacial score (nSPS) is 35.6. The van der Waals surface area contributed by atoms with Gasteiger partial charge in [0, 0.05) is 6.61 Å². The summed E-state index contributed by atoms with van der Waals surface area (Å²) in [6, 6.07) is 1.22. The Morgan fingerprint density at radius 2 is 2.06 bits per heavy atom. The summed E-state index contributed by atoms with van der Waals surface area (Å²) in [5, 5.41) is 0. The molecule has 0 aromatic carbocycles. The van der Waals surface area contributed by atoms with E-state index < -0.39 is 8.32 Å². The number of fused-ring (bicyclic) bond motifs is 1. The van der Waals surface area contributed by atoms with Crippen molar-refractivity contribution >= 4 is 8.32 Å². The summed E-state index contributed by atoms with van der Waals surface area (Å²) in [5.74, 6) is 1.55. The zero-order valence-electron chi connectivity index (χ0n) is 11.2. The Bertz CT molecular complexity index is 242. The van der Waals surface area contributed by atoms with Crippen LogP contribution < -0.4 is 0 Å². The van der Waals surface area contributed by atoms with Crippen LogP contribution in [0.5, 0.6) is 0 Å². The van der Waals surface area contributed by atoms with E-state index in [0.717, 1.165) is 12.5 Å². The molecule has 0 bridgehead atoms. The van der Waals surface area contributed by atoms with Crippen molar-refractivity contribution in [3.05, 3.63) is 0 Å². The lowest BCUT2D eigenvalue weighted by Gasteiger charge is -2.29. The van der Waals surface area contributed by atoms with Crippen LogP contribution in [0.15, 0.2) is 0 Å². The predicted molar refractivity (Wildman–Crippen MR) is 69.1 cm³/mol. The van der Waals surface area contributed by atoms with Crippen molar-refractivity contribution in [1.29, 1.82) is 0 Å². The van der Waals surface area contributed by atoms with Crippen LogP contribution in [0.4, 0.5) is 0 Å². The lowest BCUT2D eigenvalue weighted by Crippen LogP contribution is -2.33. The van der Waals surface area contributed by atoms with Gasteiger partial charge in [0.1, 0.15) is 0 Å². The summed E-state index contributed by atoms with van der Waals surface area (Å²) >= 11 is 0. The molecule has 1 aliphatic heterocycles. The van der Waals surface area contributed by atoms with Crippen LogP contribution in [-0.4, -0.2) is 27.1 Å². The first kappa shape index (κ1) is 12.6. The van der Waals surface area contributed by atoms with E-state index in [-0.39, 0.29) is 0 Å². The number of rotatable bonds is 5. The zero-order valence-corrected chi connectivity index (χ0v) is 12.2. The number of hydrogen-bond acceptors (Lipinski definition) is 2. The van der Waals surface area contributed by atoms with Gasteiger partial charge in [-0.3, -0.25) is 0 Å². The molecule has 16 heavy (non-hydrogen) atoms. The second-order valence-electron chi connectivity index (χ2n) is 6.19. The van der Waals surface area contributed by atoms with Crippen molar-refractivity contribution < 1.29 is 9.16 Å². The Hall–Kier alpha value is 0.137. The summed E-state index contributed by atoms with van der Waals surface area (Å²) in [6.45, 7) is 10.2. The minimum absolute atomic E-state index is 0.609. The molecule has 2 rings (SSSR count). The maximum atomic E-state index is 6.14. The van der Waals surface area contributed by atoms with Gasteiger partial charge in [0.25, 0.3) is 0 Å². The van der Waals surface area contributed by atoms with Gasteiger partial charge in [0.05, 0.1) is 12.2 Å². The Balaban J connectivity index is 1.72. The summed E-state index contributed by atoms with van der Waals surface area (Å²) in [5.41, 5.74) is 0. The maximum Gasteiger partial charge on any atom is 0.186 e. The zero-order chi connectivity index (χ0) is 11.8. The fraction of sp³-hybridized carbons (Fsp3) is 1.00. The molecular weight excluding hydrogens is 216 g/mol. The van der Waals surface area contributed by atoms with Crippen molar-refractivity contribution in [2.45, 2.75) is 64.5 Å². The average Bonchev–Trinajstić information content (AvgIpc) is 3.04. The molecule has 1 heterocycles. The first-order valence-electron chi connectivity index (χ1n) is 6.81. The average molecular weight is 242 g/mol. The first-order chi connectivity index (χ1) is 7.52. The minimum Gasteiger partial charge on any atom is -0.417 e. The quantitative estimate of drug-likeness (QED) is 0.544. The molecule has 1 saturated carbocycles. The predicted octanol–water partition coefficient (Wildman–Crippen LogP) is 3.43.